The SMILES string of the molecule is CNC(CCO)(C(=O)O)C(=O)O. The van der Waals surface area contributed by atoms with Crippen molar-refractivity contribution in [2.75, 3.05) is 13.7 Å². The van der Waals surface area contributed by atoms with Crippen molar-refractivity contribution in [2.24, 2.45) is 0 Å². The van der Waals surface area contributed by atoms with Crippen molar-refractivity contribution in [3.63, 3.8) is 0 Å². The molecular formula is C6H11NO5. The summed E-state index contributed by atoms with van der Waals surface area (Å²) in [5.74, 6) is -3.02. The van der Waals surface area contributed by atoms with E-state index in [-0.39, 0.29) is 6.42 Å². The van der Waals surface area contributed by atoms with Gasteiger partial charge in [0, 0.05) is 13.0 Å². The fourth-order valence-electron chi connectivity index (χ4n) is 0.812. The molecule has 0 aliphatic heterocycles. The smallest absolute Gasteiger partial charge is 0.335 e. The Kier molecular flexibility index (Phi) is 3.65. The summed E-state index contributed by atoms with van der Waals surface area (Å²) < 4.78 is 0. The molecule has 0 spiro atoms. The number of hydrogen-bond donors (Lipinski definition) is 4. The molecule has 0 unspecified atom stereocenters. The van der Waals surface area contributed by atoms with Crippen LogP contribution in [0.2, 0.25) is 0 Å². The standard InChI is InChI=1S/C6H11NO5/c1-7-6(2-3-8,4(9)10)5(11)12/h7-8H,2-3H2,1H3,(H,9,10)(H,11,12). The zero-order valence-electron chi connectivity index (χ0n) is 6.57. The summed E-state index contributed by atoms with van der Waals surface area (Å²) in [6.07, 6.45) is -0.367. The third-order valence-corrected chi connectivity index (χ3v) is 1.64. The first-order valence-corrected chi connectivity index (χ1v) is 3.28. The van der Waals surface area contributed by atoms with Crippen molar-refractivity contribution >= 4 is 11.9 Å². The maximum atomic E-state index is 10.5. The van der Waals surface area contributed by atoms with Crippen LogP contribution in [0, 0.1) is 0 Å². The van der Waals surface area contributed by atoms with E-state index in [1.807, 2.05) is 0 Å². The van der Waals surface area contributed by atoms with Crippen molar-refractivity contribution in [1.29, 1.82) is 0 Å². The lowest BCUT2D eigenvalue weighted by Gasteiger charge is -2.22. The molecule has 0 aromatic heterocycles. The maximum Gasteiger partial charge on any atom is 0.335 e. The molecule has 0 bridgehead atoms. The van der Waals surface area contributed by atoms with Gasteiger partial charge in [0.15, 0.2) is 0 Å². The van der Waals surface area contributed by atoms with Gasteiger partial charge in [0.25, 0.3) is 0 Å². The number of aliphatic hydroxyl groups excluding tert-OH is 1. The van der Waals surface area contributed by atoms with Crippen LogP contribution in [-0.2, 0) is 9.59 Å². The minimum absolute atomic E-state index is 0.367. The fourth-order valence-corrected chi connectivity index (χ4v) is 0.812. The predicted molar refractivity (Wildman–Crippen MR) is 38.8 cm³/mol. The summed E-state index contributed by atoms with van der Waals surface area (Å²) >= 11 is 0. The number of aliphatic carboxylic acids is 2. The van der Waals surface area contributed by atoms with Crippen LogP contribution in [0.5, 0.6) is 0 Å². The van der Waals surface area contributed by atoms with Gasteiger partial charge in [-0.15, -0.1) is 0 Å². The van der Waals surface area contributed by atoms with Crippen LogP contribution in [-0.4, -0.2) is 46.5 Å². The molecule has 0 heterocycles. The molecular weight excluding hydrogens is 166 g/mol. The average Bonchev–Trinajstić information content (AvgIpc) is 1.98. The average molecular weight is 177 g/mol. The Balaban J connectivity index is 4.76. The highest BCUT2D eigenvalue weighted by Crippen LogP contribution is 2.09. The molecule has 0 saturated carbocycles. The van der Waals surface area contributed by atoms with Gasteiger partial charge in [-0.25, -0.2) is 9.59 Å². The minimum atomic E-state index is -2.07. The summed E-state index contributed by atoms with van der Waals surface area (Å²) in [6, 6.07) is 0. The third kappa shape index (κ3) is 1.72. The second kappa shape index (κ2) is 4.03. The van der Waals surface area contributed by atoms with Crippen molar-refractivity contribution in [1.82, 2.24) is 5.32 Å². The maximum absolute atomic E-state index is 10.5. The van der Waals surface area contributed by atoms with E-state index >= 15 is 0 Å². The van der Waals surface area contributed by atoms with Crippen LogP contribution in [0.4, 0.5) is 0 Å². The number of rotatable bonds is 5. The van der Waals surface area contributed by atoms with Gasteiger partial charge in [-0.1, -0.05) is 0 Å². The number of carboxylic acid groups (broad SMARTS) is 2. The number of aliphatic hydroxyl groups is 1. The van der Waals surface area contributed by atoms with E-state index in [0.29, 0.717) is 0 Å². The first kappa shape index (κ1) is 10.9. The molecule has 0 amide bonds. The molecule has 0 aliphatic carbocycles. The van der Waals surface area contributed by atoms with Gasteiger partial charge in [-0.3, -0.25) is 5.32 Å². The van der Waals surface area contributed by atoms with Crippen LogP contribution >= 0.6 is 0 Å². The van der Waals surface area contributed by atoms with Crippen LogP contribution in [0.15, 0.2) is 0 Å². The van der Waals surface area contributed by atoms with Crippen LogP contribution in [0.25, 0.3) is 0 Å². The van der Waals surface area contributed by atoms with Gasteiger partial charge >= 0.3 is 11.9 Å². The van der Waals surface area contributed by atoms with Gasteiger partial charge in [-0.05, 0) is 7.05 Å². The third-order valence-electron chi connectivity index (χ3n) is 1.64. The van der Waals surface area contributed by atoms with Crippen LogP contribution in [0.1, 0.15) is 6.42 Å². The summed E-state index contributed by atoms with van der Waals surface area (Å²) in [5, 5.41) is 27.8. The quantitative estimate of drug-likeness (QED) is 0.380. The zero-order chi connectivity index (χ0) is 9.78. The number of likely N-dealkylation sites (N-methyl/N-ethyl adjacent to an activating group) is 1. The zero-order valence-corrected chi connectivity index (χ0v) is 6.57. The lowest BCUT2D eigenvalue weighted by atomic mass is 9.96. The summed E-state index contributed by atoms with van der Waals surface area (Å²) in [7, 11) is 1.22. The Hall–Kier alpha value is -1.14. The Morgan fingerprint density at radius 1 is 1.33 bits per heavy atom. The van der Waals surface area contributed by atoms with E-state index in [1.54, 1.807) is 0 Å². The van der Waals surface area contributed by atoms with Crippen molar-refractivity contribution in [2.45, 2.75) is 12.0 Å². The summed E-state index contributed by atoms with van der Waals surface area (Å²) in [6.45, 7) is -0.501. The Bertz CT molecular complexity index is 176. The van der Waals surface area contributed by atoms with Gasteiger partial charge < -0.3 is 15.3 Å². The minimum Gasteiger partial charge on any atom is -0.479 e. The van der Waals surface area contributed by atoms with E-state index in [9.17, 15) is 9.59 Å². The van der Waals surface area contributed by atoms with Gasteiger partial charge in [0.1, 0.15) is 0 Å². The number of carboxylic acids is 2. The van der Waals surface area contributed by atoms with Crippen molar-refractivity contribution in [3.05, 3.63) is 0 Å². The molecule has 6 heteroatoms. The molecule has 0 rings (SSSR count). The second-order valence-corrected chi connectivity index (χ2v) is 2.24. The first-order chi connectivity index (χ1) is 5.51. The first-order valence-electron chi connectivity index (χ1n) is 3.28. The molecule has 0 radical (unpaired) electrons. The lowest BCUT2D eigenvalue weighted by Crippen LogP contribution is -2.57. The monoisotopic (exact) mass is 177 g/mol. The molecule has 12 heavy (non-hydrogen) atoms. The number of hydrogen-bond acceptors (Lipinski definition) is 4. The normalized spacial score (nSPS) is 11.2. The molecule has 0 saturated heterocycles. The Labute approximate surface area is 68.8 Å². The fraction of sp³-hybridized carbons (Fsp3) is 0.667. The van der Waals surface area contributed by atoms with E-state index in [2.05, 4.69) is 5.32 Å². The number of nitrogens with one attached hydrogen (secondary N) is 1. The van der Waals surface area contributed by atoms with E-state index in [0.717, 1.165) is 0 Å². The molecule has 0 aliphatic rings. The van der Waals surface area contributed by atoms with Crippen molar-refractivity contribution in [3.8, 4) is 0 Å². The van der Waals surface area contributed by atoms with Crippen molar-refractivity contribution < 1.29 is 24.9 Å². The lowest BCUT2D eigenvalue weighted by molar-refractivity contribution is -0.159. The topological polar surface area (TPSA) is 107 Å². The highest BCUT2D eigenvalue weighted by atomic mass is 16.4. The Morgan fingerprint density at radius 3 is 1.83 bits per heavy atom. The van der Waals surface area contributed by atoms with Crippen LogP contribution < -0.4 is 5.32 Å². The molecule has 0 aromatic rings. The Morgan fingerprint density at radius 2 is 1.75 bits per heavy atom. The summed E-state index contributed by atoms with van der Waals surface area (Å²) in [5.41, 5.74) is -2.07. The highest BCUT2D eigenvalue weighted by Gasteiger charge is 2.44. The van der Waals surface area contributed by atoms with Gasteiger partial charge in [-0.2, -0.15) is 0 Å². The van der Waals surface area contributed by atoms with Gasteiger partial charge in [0.05, 0.1) is 0 Å². The molecule has 0 fully saturated rings. The van der Waals surface area contributed by atoms with E-state index in [4.69, 9.17) is 15.3 Å². The molecule has 0 atom stereocenters. The molecule has 70 valence electrons. The molecule has 4 N–H and O–H groups in total. The number of carbonyl (C=O) groups is 2. The van der Waals surface area contributed by atoms with E-state index < -0.39 is 24.1 Å². The van der Waals surface area contributed by atoms with Crippen LogP contribution in [0.3, 0.4) is 0 Å². The molecule has 6 nitrogen and oxygen atoms in total. The largest absolute Gasteiger partial charge is 0.479 e. The second-order valence-electron chi connectivity index (χ2n) is 2.24. The summed E-state index contributed by atoms with van der Waals surface area (Å²) in [4.78, 5) is 21.1. The van der Waals surface area contributed by atoms with Gasteiger partial charge in [0.2, 0.25) is 5.54 Å². The van der Waals surface area contributed by atoms with E-state index in [1.165, 1.54) is 7.05 Å². The highest BCUT2D eigenvalue weighted by molar-refractivity contribution is 6.03. The molecule has 0 aromatic carbocycles. The predicted octanol–water partition coefficient (Wildman–Crippen LogP) is -1.50.